The molecule has 2 amide bonds. The molecule has 2 atom stereocenters. The first kappa shape index (κ1) is 19.7. The molecule has 2 heterocycles. The molecule has 1 aromatic rings. The Bertz CT molecular complexity index is 577. The van der Waals surface area contributed by atoms with Crippen LogP contribution < -0.4 is 10.6 Å². The lowest BCUT2D eigenvalue weighted by Crippen LogP contribution is -2.47. The molecule has 25 heavy (non-hydrogen) atoms. The van der Waals surface area contributed by atoms with Gasteiger partial charge in [-0.25, -0.2) is 0 Å². The summed E-state index contributed by atoms with van der Waals surface area (Å²) in [6.45, 7) is 4.03. The van der Waals surface area contributed by atoms with Gasteiger partial charge in [-0.2, -0.15) is 0 Å². The summed E-state index contributed by atoms with van der Waals surface area (Å²) in [4.78, 5) is 26.5. The Labute approximate surface area is 155 Å². The molecule has 0 spiro atoms. The number of carbonyl (C=O) groups is 2. The smallest absolute Gasteiger partial charge is 0.242 e. The van der Waals surface area contributed by atoms with Crippen LogP contribution in [0.4, 0.5) is 0 Å². The van der Waals surface area contributed by atoms with Crippen LogP contribution in [-0.2, 0) is 16.0 Å². The van der Waals surface area contributed by atoms with E-state index in [0.29, 0.717) is 24.9 Å². The second-order valence-electron chi connectivity index (χ2n) is 6.94. The van der Waals surface area contributed by atoms with E-state index >= 15 is 0 Å². The number of aryl methyl sites for hydroxylation is 2. The standard InChI is InChI=1S/C19H27N3O2.ClH/c1-14-2-4-15(5-3-14)6-9-18(23)21-13-19(24)22-16-7-8-17(22)12-20-11-10-16;/h2-5,16-17,20H,6-13H2,1H3,(H,21,23);1H. The number of amides is 2. The van der Waals surface area contributed by atoms with Gasteiger partial charge in [0.25, 0.3) is 0 Å². The number of rotatable bonds is 5. The van der Waals surface area contributed by atoms with E-state index in [9.17, 15) is 9.59 Å². The summed E-state index contributed by atoms with van der Waals surface area (Å²) in [6.07, 6.45) is 4.32. The van der Waals surface area contributed by atoms with Gasteiger partial charge in [0.15, 0.2) is 0 Å². The van der Waals surface area contributed by atoms with Crippen molar-refractivity contribution in [2.45, 2.75) is 51.1 Å². The van der Waals surface area contributed by atoms with Crippen molar-refractivity contribution in [3.63, 3.8) is 0 Å². The predicted octanol–water partition coefficient (Wildman–Crippen LogP) is 1.82. The lowest BCUT2D eigenvalue weighted by molar-refractivity contribution is -0.135. The monoisotopic (exact) mass is 365 g/mol. The van der Waals surface area contributed by atoms with E-state index in [-0.39, 0.29) is 30.8 Å². The number of fused-ring (bicyclic) bond motifs is 2. The number of nitrogens with zero attached hydrogens (tertiary/aromatic N) is 1. The number of hydrogen-bond donors (Lipinski definition) is 2. The molecular formula is C19H28ClN3O2. The van der Waals surface area contributed by atoms with Crippen molar-refractivity contribution in [3.05, 3.63) is 35.4 Å². The minimum atomic E-state index is -0.0516. The van der Waals surface area contributed by atoms with Gasteiger partial charge in [-0.3, -0.25) is 9.59 Å². The van der Waals surface area contributed by atoms with Crippen LogP contribution in [0, 0.1) is 6.92 Å². The average molecular weight is 366 g/mol. The zero-order valence-corrected chi connectivity index (χ0v) is 15.6. The average Bonchev–Trinajstić information content (AvgIpc) is 2.85. The van der Waals surface area contributed by atoms with E-state index in [0.717, 1.165) is 37.9 Å². The molecule has 0 aromatic heterocycles. The van der Waals surface area contributed by atoms with Crippen LogP contribution in [0.1, 0.15) is 36.8 Å². The van der Waals surface area contributed by atoms with E-state index in [4.69, 9.17) is 0 Å². The molecule has 3 rings (SSSR count). The van der Waals surface area contributed by atoms with Crippen molar-refractivity contribution in [2.24, 2.45) is 0 Å². The number of nitrogens with one attached hydrogen (secondary N) is 2. The maximum Gasteiger partial charge on any atom is 0.242 e. The minimum absolute atomic E-state index is 0. The van der Waals surface area contributed by atoms with Crippen LogP contribution in [-0.4, -0.2) is 48.4 Å². The van der Waals surface area contributed by atoms with Crippen LogP contribution in [0.5, 0.6) is 0 Å². The van der Waals surface area contributed by atoms with Crippen LogP contribution in [0.25, 0.3) is 0 Å². The number of carbonyl (C=O) groups excluding carboxylic acids is 2. The third kappa shape index (κ3) is 5.19. The normalized spacial score (nSPS) is 22.0. The Hall–Kier alpha value is -1.59. The molecule has 0 saturated carbocycles. The molecular weight excluding hydrogens is 338 g/mol. The Kier molecular flexibility index (Phi) is 7.26. The summed E-state index contributed by atoms with van der Waals surface area (Å²) >= 11 is 0. The zero-order chi connectivity index (χ0) is 16.9. The third-order valence-corrected chi connectivity index (χ3v) is 5.14. The molecule has 6 heteroatoms. The lowest BCUT2D eigenvalue weighted by Gasteiger charge is -2.28. The first-order valence-corrected chi connectivity index (χ1v) is 8.97. The molecule has 2 aliphatic rings. The highest BCUT2D eigenvalue weighted by atomic mass is 35.5. The number of benzene rings is 1. The molecule has 2 bridgehead atoms. The topological polar surface area (TPSA) is 61.4 Å². The summed E-state index contributed by atoms with van der Waals surface area (Å²) in [5.41, 5.74) is 2.37. The molecule has 138 valence electrons. The van der Waals surface area contributed by atoms with Crippen molar-refractivity contribution in [2.75, 3.05) is 19.6 Å². The predicted molar refractivity (Wildman–Crippen MR) is 101 cm³/mol. The van der Waals surface area contributed by atoms with Gasteiger partial charge in [-0.1, -0.05) is 29.8 Å². The van der Waals surface area contributed by atoms with Gasteiger partial charge in [0.2, 0.25) is 11.8 Å². The van der Waals surface area contributed by atoms with Crippen molar-refractivity contribution >= 4 is 24.2 Å². The van der Waals surface area contributed by atoms with E-state index < -0.39 is 0 Å². The van der Waals surface area contributed by atoms with Gasteiger partial charge in [0, 0.05) is 25.0 Å². The summed E-state index contributed by atoms with van der Waals surface area (Å²) in [7, 11) is 0. The first-order valence-electron chi connectivity index (χ1n) is 8.97. The van der Waals surface area contributed by atoms with E-state index in [1.807, 2.05) is 11.8 Å². The molecule has 2 saturated heterocycles. The van der Waals surface area contributed by atoms with Crippen LogP contribution in [0.2, 0.25) is 0 Å². The Morgan fingerprint density at radius 2 is 1.88 bits per heavy atom. The molecule has 5 nitrogen and oxygen atoms in total. The van der Waals surface area contributed by atoms with E-state index in [1.165, 1.54) is 5.56 Å². The van der Waals surface area contributed by atoms with Crippen molar-refractivity contribution in [3.8, 4) is 0 Å². The fourth-order valence-electron chi connectivity index (χ4n) is 3.76. The summed E-state index contributed by atoms with van der Waals surface area (Å²) in [5, 5.41) is 6.19. The summed E-state index contributed by atoms with van der Waals surface area (Å²) in [5.74, 6) is 0.0131. The highest BCUT2D eigenvalue weighted by molar-refractivity contribution is 5.85. The van der Waals surface area contributed by atoms with Crippen molar-refractivity contribution in [1.82, 2.24) is 15.5 Å². The quantitative estimate of drug-likeness (QED) is 0.836. The number of hydrogen-bond acceptors (Lipinski definition) is 3. The van der Waals surface area contributed by atoms with Gasteiger partial charge >= 0.3 is 0 Å². The van der Waals surface area contributed by atoms with Crippen molar-refractivity contribution < 1.29 is 9.59 Å². The summed E-state index contributed by atoms with van der Waals surface area (Å²) < 4.78 is 0. The largest absolute Gasteiger partial charge is 0.347 e. The van der Waals surface area contributed by atoms with Gasteiger partial charge in [0.05, 0.1) is 6.54 Å². The maximum absolute atomic E-state index is 12.5. The minimum Gasteiger partial charge on any atom is -0.347 e. The van der Waals surface area contributed by atoms with Crippen LogP contribution in [0.15, 0.2) is 24.3 Å². The maximum atomic E-state index is 12.5. The van der Waals surface area contributed by atoms with Gasteiger partial charge in [0.1, 0.15) is 0 Å². The molecule has 2 fully saturated rings. The SMILES string of the molecule is Cc1ccc(CCC(=O)NCC(=O)N2C3CCNCC2CC3)cc1.Cl. The molecule has 2 N–H and O–H groups in total. The van der Waals surface area contributed by atoms with E-state index in [1.54, 1.807) is 0 Å². The molecule has 1 aromatic carbocycles. The molecule has 0 radical (unpaired) electrons. The lowest BCUT2D eigenvalue weighted by atomic mass is 10.1. The molecule has 2 unspecified atom stereocenters. The third-order valence-electron chi connectivity index (χ3n) is 5.14. The van der Waals surface area contributed by atoms with Crippen molar-refractivity contribution in [1.29, 1.82) is 0 Å². The second kappa shape index (κ2) is 9.20. The molecule has 0 aliphatic carbocycles. The fraction of sp³-hybridized carbons (Fsp3) is 0.579. The highest BCUT2D eigenvalue weighted by Gasteiger charge is 2.37. The Morgan fingerprint density at radius 1 is 1.16 bits per heavy atom. The Morgan fingerprint density at radius 3 is 2.64 bits per heavy atom. The van der Waals surface area contributed by atoms with E-state index in [2.05, 4.69) is 34.9 Å². The number of halogens is 1. The fourth-order valence-corrected chi connectivity index (χ4v) is 3.76. The van der Waals surface area contributed by atoms with Gasteiger partial charge in [-0.15, -0.1) is 12.4 Å². The Balaban J connectivity index is 0.00000225. The van der Waals surface area contributed by atoms with Crippen LogP contribution >= 0.6 is 12.4 Å². The summed E-state index contributed by atoms with van der Waals surface area (Å²) in [6, 6.07) is 8.86. The zero-order valence-electron chi connectivity index (χ0n) is 14.8. The first-order chi connectivity index (χ1) is 11.6. The van der Waals surface area contributed by atoms with Crippen LogP contribution in [0.3, 0.4) is 0 Å². The van der Waals surface area contributed by atoms with Gasteiger partial charge < -0.3 is 15.5 Å². The second-order valence-corrected chi connectivity index (χ2v) is 6.94. The highest BCUT2D eigenvalue weighted by Crippen LogP contribution is 2.27. The van der Waals surface area contributed by atoms with Gasteiger partial charge in [-0.05, 0) is 44.7 Å². The molecule has 2 aliphatic heterocycles.